The molecular weight excluding hydrogens is 508 g/mol. The van der Waals surface area contributed by atoms with Crippen molar-refractivity contribution in [3.8, 4) is 22.6 Å². The summed E-state index contributed by atoms with van der Waals surface area (Å²) in [5.74, 6) is -1.86. The minimum absolute atomic E-state index is 0.125. The molecule has 2 bridgehead atoms. The predicted molar refractivity (Wildman–Crippen MR) is 142 cm³/mol. The molecule has 3 aliphatic rings. The smallest absolute Gasteiger partial charge is 0.307 e. The second-order valence-electron chi connectivity index (χ2n) is 10.9. The van der Waals surface area contributed by atoms with Gasteiger partial charge in [-0.15, -0.1) is 11.3 Å². The number of carboxylic acids is 1. The van der Waals surface area contributed by atoms with E-state index < -0.39 is 23.5 Å². The second-order valence-corrected chi connectivity index (χ2v) is 11.9. The summed E-state index contributed by atoms with van der Waals surface area (Å²) in [6, 6.07) is 3.29. The Morgan fingerprint density at radius 1 is 1.16 bits per heavy atom. The van der Waals surface area contributed by atoms with Crippen molar-refractivity contribution >= 4 is 28.3 Å². The maximum absolute atomic E-state index is 16.2. The predicted octanol–water partition coefficient (Wildman–Crippen LogP) is 5.77. The third kappa shape index (κ3) is 4.49. The summed E-state index contributed by atoms with van der Waals surface area (Å²) in [5.41, 5.74) is 2.05. The largest absolute Gasteiger partial charge is 0.481 e. The summed E-state index contributed by atoms with van der Waals surface area (Å²) >= 11 is 1.53. The van der Waals surface area contributed by atoms with Crippen LogP contribution in [-0.4, -0.2) is 50.0 Å². The van der Waals surface area contributed by atoms with Crippen molar-refractivity contribution < 1.29 is 18.7 Å². The molecule has 4 aromatic rings. The number of halogens is 2. The minimum atomic E-state index is -0.802. The molecule has 2 unspecified atom stereocenters. The summed E-state index contributed by atoms with van der Waals surface area (Å²) in [7, 11) is 3.95. The Hall–Kier alpha value is -3.24. The number of fused-ring (bicyclic) bond motifs is 4. The number of hydrogen-bond acceptors (Lipinski definition) is 6. The monoisotopic (exact) mass is 537 g/mol. The Labute approximate surface area is 223 Å². The van der Waals surface area contributed by atoms with E-state index in [0.717, 1.165) is 43.3 Å². The number of rotatable bonds is 7. The van der Waals surface area contributed by atoms with Crippen LogP contribution in [0.5, 0.6) is 0 Å². The number of aromatic nitrogens is 4. The fourth-order valence-electron chi connectivity index (χ4n) is 6.48. The van der Waals surface area contributed by atoms with Gasteiger partial charge in [0, 0.05) is 39.5 Å². The third-order valence-electron chi connectivity index (χ3n) is 8.16. The molecule has 3 fully saturated rings. The maximum atomic E-state index is 16.2. The van der Waals surface area contributed by atoms with Crippen LogP contribution in [-0.2, 0) is 17.8 Å². The lowest BCUT2D eigenvalue weighted by Gasteiger charge is -2.46. The Morgan fingerprint density at radius 2 is 1.92 bits per heavy atom. The van der Waals surface area contributed by atoms with Crippen molar-refractivity contribution in [1.82, 2.24) is 24.8 Å². The summed E-state index contributed by atoms with van der Waals surface area (Å²) in [5, 5.41) is 12.5. The van der Waals surface area contributed by atoms with Crippen molar-refractivity contribution in [1.29, 1.82) is 0 Å². The van der Waals surface area contributed by atoms with Crippen molar-refractivity contribution in [3.63, 3.8) is 0 Å². The maximum Gasteiger partial charge on any atom is 0.307 e. The molecule has 2 atom stereocenters. The van der Waals surface area contributed by atoms with Crippen molar-refractivity contribution in [2.75, 3.05) is 14.1 Å². The zero-order chi connectivity index (χ0) is 26.6. The number of H-pyrrole nitrogens is 1. The molecule has 4 aromatic heterocycles. The van der Waals surface area contributed by atoms with Gasteiger partial charge in [-0.3, -0.25) is 4.79 Å². The summed E-state index contributed by atoms with van der Waals surface area (Å²) in [6.07, 6.45) is 6.79. The zero-order valence-corrected chi connectivity index (χ0v) is 22.1. The van der Waals surface area contributed by atoms with Gasteiger partial charge in [0.15, 0.2) is 11.6 Å². The van der Waals surface area contributed by atoms with E-state index in [0.29, 0.717) is 22.2 Å². The number of carbonyl (C=O) groups is 1. The lowest BCUT2D eigenvalue weighted by molar-refractivity contribution is -0.152. The highest BCUT2D eigenvalue weighted by atomic mass is 32.1. The van der Waals surface area contributed by atoms with Crippen LogP contribution in [0.15, 0.2) is 29.9 Å². The van der Waals surface area contributed by atoms with Gasteiger partial charge in [0.2, 0.25) is 0 Å². The molecule has 7 rings (SSSR count). The summed E-state index contributed by atoms with van der Waals surface area (Å²) in [4.78, 5) is 31.8. The SMILES string of the molecule is CN(C)Cc1cc(-c2nc(-c3c[nH]c4ncc(F)cc34)nc(CC3C4CCC(CC4)C3C(=O)O)c2F)cs1. The van der Waals surface area contributed by atoms with Gasteiger partial charge in [-0.25, -0.2) is 23.7 Å². The zero-order valence-electron chi connectivity index (χ0n) is 21.2. The summed E-state index contributed by atoms with van der Waals surface area (Å²) < 4.78 is 30.3. The average Bonchev–Trinajstić information content (AvgIpc) is 3.52. The molecule has 38 heavy (non-hydrogen) atoms. The van der Waals surface area contributed by atoms with E-state index in [2.05, 4.69) is 19.9 Å². The average molecular weight is 538 g/mol. The van der Waals surface area contributed by atoms with Gasteiger partial charge < -0.3 is 15.0 Å². The first-order chi connectivity index (χ1) is 18.3. The van der Waals surface area contributed by atoms with E-state index in [1.807, 2.05) is 30.4 Å². The molecule has 2 N–H and O–H groups in total. The number of hydrogen-bond donors (Lipinski definition) is 2. The van der Waals surface area contributed by atoms with Gasteiger partial charge in [-0.2, -0.15) is 0 Å². The Morgan fingerprint density at radius 3 is 2.66 bits per heavy atom. The minimum Gasteiger partial charge on any atom is -0.481 e. The molecule has 4 heterocycles. The van der Waals surface area contributed by atoms with Gasteiger partial charge in [-0.05, 0) is 76.1 Å². The topological polar surface area (TPSA) is 95.0 Å². The molecule has 0 aliphatic heterocycles. The van der Waals surface area contributed by atoms with Crippen LogP contribution in [0.25, 0.3) is 33.7 Å². The number of nitrogens with one attached hydrogen (secondary N) is 1. The molecule has 3 saturated carbocycles. The molecular formula is C28H29F2N5O2S. The molecule has 7 nitrogen and oxygen atoms in total. The Balaban J connectivity index is 1.48. The number of nitrogens with zero attached hydrogens (tertiary/aromatic N) is 4. The van der Waals surface area contributed by atoms with E-state index >= 15 is 4.39 Å². The first kappa shape index (κ1) is 25.1. The highest BCUT2D eigenvalue weighted by molar-refractivity contribution is 7.10. The van der Waals surface area contributed by atoms with Gasteiger partial charge in [0.25, 0.3) is 0 Å². The van der Waals surface area contributed by atoms with Crippen LogP contribution >= 0.6 is 11.3 Å². The van der Waals surface area contributed by atoms with E-state index in [-0.39, 0.29) is 41.4 Å². The van der Waals surface area contributed by atoms with Crippen LogP contribution < -0.4 is 0 Å². The Kier molecular flexibility index (Phi) is 6.47. The van der Waals surface area contributed by atoms with Crippen molar-refractivity contribution in [2.45, 2.75) is 38.6 Å². The van der Waals surface area contributed by atoms with Crippen molar-refractivity contribution in [2.24, 2.45) is 23.7 Å². The first-order valence-electron chi connectivity index (χ1n) is 12.9. The van der Waals surface area contributed by atoms with Crippen LogP contribution in [0.3, 0.4) is 0 Å². The number of aromatic amines is 1. The lowest BCUT2D eigenvalue weighted by Crippen LogP contribution is -2.45. The van der Waals surface area contributed by atoms with E-state index in [4.69, 9.17) is 0 Å². The number of thiophene rings is 1. The fourth-order valence-corrected chi connectivity index (χ4v) is 7.47. The molecule has 0 aromatic carbocycles. The van der Waals surface area contributed by atoms with Crippen LogP contribution in [0, 0.1) is 35.3 Å². The second kappa shape index (κ2) is 9.81. The molecule has 0 radical (unpaired) electrons. The van der Waals surface area contributed by atoms with E-state index in [1.54, 1.807) is 6.20 Å². The van der Waals surface area contributed by atoms with Crippen LogP contribution in [0.1, 0.15) is 36.3 Å². The molecule has 0 saturated heterocycles. The number of carboxylic acid groups (broad SMARTS) is 1. The highest BCUT2D eigenvalue weighted by Crippen LogP contribution is 2.50. The van der Waals surface area contributed by atoms with Crippen LogP contribution in [0.4, 0.5) is 8.78 Å². The number of aliphatic carboxylic acids is 1. The molecule has 198 valence electrons. The third-order valence-corrected chi connectivity index (χ3v) is 9.08. The first-order valence-corrected chi connectivity index (χ1v) is 13.8. The molecule has 0 spiro atoms. The number of pyridine rings is 1. The van der Waals surface area contributed by atoms with Crippen LogP contribution in [0.2, 0.25) is 0 Å². The summed E-state index contributed by atoms with van der Waals surface area (Å²) in [6.45, 7) is 0.718. The molecule has 10 heteroatoms. The van der Waals surface area contributed by atoms with E-state index in [1.165, 1.54) is 17.4 Å². The van der Waals surface area contributed by atoms with Gasteiger partial charge in [0.1, 0.15) is 17.2 Å². The Bertz CT molecular complexity index is 1510. The van der Waals surface area contributed by atoms with E-state index in [9.17, 15) is 14.3 Å². The van der Waals surface area contributed by atoms with Gasteiger partial charge >= 0.3 is 5.97 Å². The standard InChI is InChI=1S/C28H29F2N5O2S/c1-35(2)12-18-7-16(13-38-18)25-24(30)22(9-19-14-3-5-15(6-4-14)23(19)28(36)37)33-27(34-25)21-11-32-26-20(21)8-17(29)10-31-26/h7-8,10-11,13-15,19,23H,3-6,9,12H2,1-2H3,(H,31,32)(H,36,37). The van der Waals surface area contributed by atoms with Gasteiger partial charge in [-0.1, -0.05) is 0 Å². The fraction of sp³-hybridized carbons (Fsp3) is 0.429. The molecule has 0 amide bonds. The highest BCUT2D eigenvalue weighted by Gasteiger charge is 2.47. The van der Waals surface area contributed by atoms with Gasteiger partial charge in [0.05, 0.1) is 17.8 Å². The quantitative estimate of drug-likeness (QED) is 0.311. The normalized spacial score (nSPS) is 23.0. The lowest BCUT2D eigenvalue weighted by atomic mass is 9.57. The van der Waals surface area contributed by atoms with Crippen molar-refractivity contribution in [3.05, 3.63) is 52.1 Å². The molecule has 3 aliphatic carbocycles.